The van der Waals surface area contributed by atoms with Crippen LogP contribution >= 0.6 is 0 Å². The van der Waals surface area contributed by atoms with Gasteiger partial charge in [-0.25, -0.2) is 8.78 Å². The molecule has 5 heteroatoms. The lowest BCUT2D eigenvalue weighted by Crippen LogP contribution is -2.50. The highest BCUT2D eigenvalue weighted by Gasteiger charge is 2.41. The number of benzene rings is 1. The van der Waals surface area contributed by atoms with E-state index >= 15 is 0 Å². The molecule has 0 saturated carbocycles. The van der Waals surface area contributed by atoms with Crippen LogP contribution in [0.15, 0.2) is 24.3 Å². The number of hydrogen-bond acceptors (Lipinski definition) is 2. The highest BCUT2D eigenvalue weighted by Crippen LogP contribution is 2.29. The number of rotatable bonds is 2. The minimum Gasteiger partial charge on any atom is -0.384 e. The van der Waals surface area contributed by atoms with Gasteiger partial charge in [-0.05, 0) is 31.9 Å². The highest BCUT2D eigenvalue weighted by molar-refractivity contribution is 5.94. The number of aliphatic hydroxyl groups is 1. The van der Waals surface area contributed by atoms with Crippen LogP contribution in [0.5, 0.6) is 0 Å². The minimum absolute atomic E-state index is 0.0811. The smallest absolute Gasteiger partial charge is 0.266 e. The molecule has 0 aromatic heterocycles. The average molecular weight is 299 g/mol. The molecule has 1 heterocycles. The zero-order valence-electron chi connectivity index (χ0n) is 12.8. The summed E-state index contributed by atoms with van der Waals surface area (Å²) in [5.41, 5.74) is -0.334. The van der Waals surface area contributed by atoms with Gasteiger partial charge in [0.1, 0.15) is 5.60 Å². The fourth-order valence-corrected chi connectivity index (χ4v) is 2.19. The van der Waals surface area contributed by atoms with E-state index in [9.17, 15) is 18.7 Å². The molecule has 3 nitrogen and oxygen atoms in total. The lowest BCUT2D eigenvalue weighted by atomic mass is 9.91. The Balaban J connectivity index is 0.00000106. The topological polar surface area (TPSA) is 40.5 Å². The number of carbonyl (C=O) groups excluding carboxylic acids is 1. The van der Waals surface area contributed by atoms with Crippen molar-refractivity contribution in [3.63, 3.8) is 0 Å². The van der Waals surface area contributed by atoms with E-state index in [-0.39, 0.29) is 31.8 Å². The van der Waals surface area contributed by atoms with Gasteiger partial charge in [-0.2, -0.15) is 0 Å². The minimum atomic E-state index is -2.76. The van der Waals surface area contributed by atoms with Crippen molar-refractivity contribution in [2.24, 2.45) is 0 Å². The number of carbonyl (C=O) groups is 1. The molecule has 118 valence electrons. The van der Waals surface area contributed by atoms with Gasteiger partial charge in [-0.1, -0.05) is 31.5 Å². The van der Waals surface area contributed by atoms with E-state index in [1.807, 2.05) is 32.9 Å². The number of alkyl halides is 2. The molecule has 1 aromatic rings. The van der Waals surface area contributed by atoms with E-state index in [0.717, 1.165) is 5.56 Å². The molecule has 1 amide bonds. The summed E-state index contributed by atoms with van der Waals surface area (Å²) in [5.74, 6) is -0.170. The summed E-state index contributed by atoms with van der Waals surface area (Å²) in [6.45, 7) is 6.25. The summed E-state index contributed by atoms with van der Waals surface area (Å²) in [4.78, 5) is 13.7. The molecule has 0 bridgehead atoms. The number of piperidine rings is 1. The Bertz CT molecular complexity index is 452. The molecule has 1 fully saturated rings. The molecule has 1 N–H and O–H groups in total. The molecule has 1 aliphatic rings. The maximum Gasteiger partial charge on any atom is 0.266 e. The first-order valence-corrected chi connectivity index (χ1v) is 7.29. The van der Waals surface area contributed by atoms with Crippen LogP contribution in [0.1, 0.15) is 42.6 Å². The predicted molar refractivity (Wildman–Crippen MR) is 78.6 cm³/mol. The summed E-state index contributed by atoms with van der Waals surface area (Å²) in [6, 6.07) is 7.14. The van der Waals surface area contributed by atoms with Gasteiger partial charge < -0.3 is 10.0 Å². The van der Waals surface area contributed by atoms with Gasteiger partial charge in [0.25, 0.3) is 12.3 Å². The molecular formula is C16H23F2NO2. The lowest BCUT2D eigenvalue weighted by Gasteiger charge is -2.37. The highest BCUT2D eigenvalue weighted by atomic mass is 19.3. The maximum absolute atomic E-state index is 12.6. The molecule has 0 atom stereocenters. The van der Waals surface area contributed by atoms with Crippen molar-refractivity contribution >= 4 is 5.91 Å². The molecule has 1 aromatic carbocycles. The quantitative estimate of drug-likeness (QED) is 0.910. The Hall–Kier alpha value is -1.49. The zero-order chi connectivity index (χ0) is 16.0. The van der Waals surface area contributed by atoms with Crippen molar-refractivity contribution < 1.29 is 18.7 Å². The number of amides is 1. The fourth-order valence-electron chi connectivity index (χ4n) is 2.19. The Labute approximate surface area is 124 Å². The summed E-state index contributed by atoms with van der Waals surface area (Å²) in [5, 5.41) is 9.67. The summed E-state index contributed by atoms with van der Waals surface area (Å²) in [6.07, 6.45) is -2.92. The van der Waals surface area contributed by atoms with Crippen LogP contribution < -0.4 is 0 Å². The van der Waals surface area contributed by atoms with Crippen LogP contribution in [0.2, 0.25) is 0 Å². The van der Waals surface area contributed by atoms with Crippen LogP contribution in [0.4, 0.5) is 8.78 Å². The summed E-state index contributed by atoms with van der Waals surface area (Å²) in [7, 11) is 0. The first-order valence-electron chi connectivity index (χ1n) is 7.29. The molecule has 0 unspecified atom stereocenters. The van der Waals surface area contributed by atoms with Gasteiger partial charge in [0.05, 0.1) is 0 Å². The van der Waals surface area contributed by atoms with Crippen molar-refractivity contribution in [1.29, 1.82) is 0 Å². The van der Waals surface area contributed by atoms with E-state index < -0.39 is 12.0 Å². The van der Waals surface area contributed by atoms with E-state index in [4.69, 9.17) is 0 Å². The van der Waals surface area contributed by atoms with E-state index in [1.54, 1.807) is 12.1 Å². The molecule has 0 radical (unpaired) electrons. The second kappa shape index (κ2) is 7.50. The second-order valence-electron chi connectivity index (χ2n) is 5.06. The van der Waals surface area contributed by atoms with E-state index in [0.29, 0.717) is 5.56 Å². The fraction of sp³-hybridized carbons (Fsp3) is 0.562. The number of aryl methyl sites for hydroxylation is 1. The van der Waals surface area contributed by atoms with E-state index in [2.05, 4.69) is 0 Å². The van der Waals surface area contributed by atoms with Gasteiger partial charge >= 0.3 is 0 Å². The lowest BCUT2D eigenvalue weighted by molar-refractivity contribution is -0.122. The van der Waals surface area contributed by atoms with Crippen LogP contribution in [-0.2, 0) is 0 Å². The predicted octanol–water partition coefficient (Wildman–Crippen LogP) is 3.25. The molecule has 1 aliphatic heterocycles. The van der Waals surface area contributed by atoms with Crippen LogP contribution in [0.3, 0.4) is 0 Å². The van der Waals surface area contributed by atoms with Gasteiger partial charge in [0.15, 0.2) is 0 Å². The Morgan fingerprint density at radius 2 is 1.67 bits per heavy atom. The van der Waals surface area contributed by atoms with Crippen molar-refractivity contribution in [2.75, 3.05) is 13.1 Å². The Morgan fingerprint density at radius 1 is 1.19 bits per heavy atom. The van der Waals surface area contributed by atoms with Crippen molar-refractivity contribution in [3.05, 3.63) is 35.4 Å². The van der Waals surface area contributed by atoms with Gasteiger partial charge in [0.2, 0.25) is 0 Å². The Kier molecular flexibility index (Phi) is 6.27. The maximum atomic E-state index is 12.6. The third-order valence-electron chi connectivity index (χ3n) is 3.62. The molecule has 1 saturated heterocycles. The van der Waals surface area contributed by atoms with Crippen LogP contribution in [0.25, 0.3) is 0 Å². The summed E-state index contributed by atoms with van der Waals surface area (Å²) < 4.78 is 25.3. The standard InChI is InChI=1S/C14H17F2NO2.C2H6/c1-10-2-4-11(5-3-10)12(18)17-8-6-14(19,7-9-17)13(15)16;1-2/h2-5,13,19H,6-9H2,1H3;1-2H3. The number of hydrogen-bond donors (Lipinski definition) is 1. The molecule has 0 aliphatic carbocycles. The molecule has 21 heavy (non-hydrogen) atoms. The Morgan fingerprint density at radius 3 is 2.10 bits per heavy atom. The van der Waals surface area contributed by atoms with Gasteiger partial charge in [-0.15, -0.1) is 0 Å². The van der Waals surface area contributed by atoms with Crippen LogP contribution in [-0.4, -0.2) is 41.0 Å². The molecular weight excluding hydrogens is 276 g/mol. The third-order valence-corrected chi connectivity index (χ3v) is 3.62. The van der Waals surface area contributed by atoms with Crippen molar-refractivity contribution in [2.45, 2.75) is 45.6 Å². The zero-order valence-corrected chi connectivity index (χ0v) is 12.8. The molecule has 0 spiro atoms. The second-order valence-corrected chi connectivity index (χ2v) is 5.06. The summed E-state index contributed by atoms with van der Waals surface area (Å²) >= 11 is 0. The number of nitrogens with zero attached hydrogens (tertiary/aromatic N) is 1. The number of halogens is 2. The van der Waals surface area contributed by atoms with Gasteiger partial charge in [-0.3, -0.25) is 4.79 Å². The van der Waals surface area contributed by atoms with Crippen molar-refractivity contribution in [3.8, 4) is 0 Å². The first-order chi connectivity index (χ1) is 9.92. The van der Waals surface area contributed by atoms with E-state index in [1.165, 1.54) is 4.90 Å². The first kappa shape index (κ1) is 17.6. The normalized spacial score (nSPS) is 17.2. The van der Waals surface area contributed by atoms with Gasteiger partial charge in [0, 0.05) is 18.7 Å². The van der Waals surface area contributed by atoms with Crippen LogP contribution in [0, 0.1) is 6.92 Å². The SMILES string of the molecule is CC.Cc1ccc(C(=O)N2CCC(O)(C(F)F)CC2)cc1. The molecule has 2 rings (SSSR count). The monoisotopic (exact) mass is 299 g/mol. The van der Waals surface area contributed by atoms with Crippen molar-refractivity contribution in [1.82, 2.24) is 4.90 Å². The largest absolute Gasteiger partial charge is 0.384 e. The third kappa shape index (κ3) is 4.24. The number of likely N-dealkylation sites (tertiary alicyclic amines) is 1. The average Bonchev–Trinajstić information content (AvgIpc) is 2.50.